The van der Waals surface area contributed by atoms with E-state index in [1.807, 2.05) is 0 Å². The third-order valence-corrected chi connectivity index (χ3v) is 2.63. The van der Waals surface area contributed by atoms with Gasteiger partial charge in [0.05, 0.1) is 5.56 Å². The number of nitrogens with two attached hydrogens (primary N) is 1. The molecular weight excluding hydrogens is 292 g/mol. The molecule has 1 aromatic rings. The summed E-state index contributed by atoms with van der Waals surface area (Å²) < 4.78 is 54.9. The van der Waals surface area contributed by atoms with Crippen LogP contribution < -0.4 is 16.0 Å². The van der Waals surface area contributed by atoms with E-state index in [1.54, 1.807) is 20.8 Å². The normalized spacial score (nSPS) is 12.7. The number of halogens is 4. The van der Waals surface area contributed by atoms with Gasteiger partial charge in [-0.1, -0.05) is 20.8 Å². The summed E-state index contributed by atoms with van der Waals surface area (Å²) in [5.41, 5.74) is 2.06. The summed E-state index contributed by atoms with van der Waals surface area (Å²) in [5, 5.41) is 0. The molecule has 0 aromatic carbocycles. The standard InChI is InChI=1S/C12H18F4N4O/c1-6-7(20-17)18-10(11(2,3)4)19-8(6)21-5-12(15,16)9(13)14/h9H,5,17H2,1-4H3,(H,18,19,20). The number of nitrogen functional groups attached to an aromatic ring is 1. The molecule has 21 heavy (non-hydrogen) atoms. The molecule has 5 nitrogen and oxygen atoms in total. The monoisotopic (exact) mass is 310 g/mol. The lowest BCUT2D eigenvalue weighted by molar-refractivity contribution is -0.148. The van der Waals surface area contributed by atoms with Gasteiger partial charge in [-0.3, -0.25) is 0 Å². The molecule has 0 saturated carbocycles. The summed E-state index contributed by atoms with van der Waals surface area (Å²) in [6.45, 7) is 5.41. The Labute approximate surface area is 119 Å². The zero-order valence-electron chi connectivity index (χ0n) is 12.2. The summed E-state index contributed by atoms with van der Waals surface area (Å²) in [6.07, 6.45) is -3.81. The maximum absolute atomic E-state index is 12.9. The Kier molecular flexibility index (Phi) is 4.98. The second-order valence-corrected chi connectivity index (χ2v) is 5.57. The zero-order chi connectivity index (χ0) is 16.4. The van der Waals surface area contributed by atoms with Gasteiger partial charge in [0.1, 0.15) is 5.82 Å². The molecule has 0 atom stereocenters. The van der Waals surface area contributed by atoms with Gasteiger partial charge in [0.15, 0.2) is 12.4 Å². The van der Waals surface area contributed by atoms with E-state index in [4.69, 9.17) is 10.6 Å². The van der Waals surface area contributed by atoms with Crippen molar-refractivity contribution in [1.29, 1.82) is 0 Å². The first kappa shape index (κ1) is 17.4. The molecule has 0 fully saturated rings. The molecule has 0 amide bonds. The Balaban J connectivity index is 3.12. The van der Waals surface area contributed by atoms with Gasteiger partial charge in [-0.05, 0) is 6.92 Å². The number of anilines is 1. The van der Waals surface area contributed by atoms with E-state index in [0.29, 0.717) is 0 Å². The summed E-state index contributed by atoms with van der Waals surface area (Å²) >= 11 is 0. The van der Waals surface area contributed by atoms with Crippen LogP contribution in [0, 0.1) is 6.92 Å². The molecule has 0 aliphatic heterocycles. The van der Waals surface area contributed by atoms with Crippen molar-refractivity contribution in [3.63, 3.8) is 0 Å². The Hall–Kier alpha value is -1.64. The number of hydrazine groups is 1. The summed E-state index contributed by atoms with van der Waals surface area (Å²) in [7, 11) is 0. The highest BCUT2D eigenvalue weighted by atomic mass is 19.3. The molecule has 0 spiro atoms. The largest absolute Gasteiger partial charge is 0.471 e. The van der Waals surface area contributed by atoms with Crippen LogP contribution in [0.15, 0.2) is 0 Å². The van der Waals surface area contributed by atoms with Crippen LogP contribution in [0.1, 0.15) is 32.2 Å². The van der Waals surface area contributed by atoms with Crippen molar-refractivity contribution in [2.45, 2.75) is 45.5 Å². The lowest BCUT2D eigenvalue weighted by Crippen LogP contribution is -2.34. The van der Waals surface area contributed by atoms with E-state index in [2.05, 4.69) is 15.4 Å². The molecule has 1 rings (SSSR count). The van der Waals surface area contributed by atoms with Gasteiger partial charge in [0.2, 0.25) is 5.88 Å². The van der Waals surface area contributed by atoms with Gasteiger partial charge in [-0.2, -0.15) is 13.8 Å². The summed E-state index contributed by atoms with van der Waals surface area (Å²) in [6, 6.07) is 0. The molecule has 1 aromatic heterocycles. The predicted octanol–water partition coefficient (Wildman–Crippen LogP) is 2.65. The molecule has 0 radical (unpaired) electrons. The van der Waals surface area contributed by atoms with Crippen LogP contribution in [0.3, 0.4) is 0 Å². The third-order valence-electron chi connectivity index (χ3n) is 2.63. The number of rotatable bonds is 5. The Bertz CT molecular complexity index is 503. The van der Waals surface area contributed by atoms with E-state index >= 15 is 0 Å². The first-order valence-corrected chi connectivity index (χ1v) is 6.13. The molecule has 120 valence electrons. The van der Waals surface area contributed by atoms with Crippen LogP contribution in [0.25, 0.3) is 0 Å². The van der Waals surface area contributed by atoms with E-state index in [9.17, 15) is 17.6 Å². The maximum atomic E-state index is 12.9. The fourth-order valence-corrected chi connectivity index (χ4v) is 1.34. The molecule has 0 unspecified atom stereocenters. The van der Waals surface area contributed by atoms with Crippen LogP contribution in [0.4, 0.5) is 23.4 Å². The average molecular weight is 310 g/mol. The Morgan fingerprint density at radius 2 is 1.81 bits per heavy atom. The average Bonchev–Trinajstić information content (AvgIpc) is 2.36. The van der Waals surface area contributed by atoms with Crippen molar-refractivity contribution in [3.8, 4) is 5.88 Å². The van der Waals surface area contributed by atoms with Crippen molar-refractivity contribution in [2.75, 3.05) is 12.0 Å². The number of nitrogens with zero attached hydrogens (tertiary/aromatic N) is 2. The first-order chi connectivity index (χ1) is 9.49. The molecular formula is C12H18F4N4O. The third kappa shape index (κ3) is 4.16. The molecule has 1 heterocycles. The highest BCUT2D eigenvalue weighted by molar-refractivity contribution is 5.48. The molecule has 0 bridgehead atoms. The van der Waals surface area contributed by atoms with Crippen molar-refractivity contribution < 1.29 is 22.3 Å². The van der Waals surface area contributed by atoms with Crippen LogP contribution in [0.2, 0.25) is 0 Å². The second kappa shape index (κ2) is 6.00. The molecule has 0 saturated heterocycles. The smallest absolute Gasteiger partial charge is 0.340 e. The van der Waals surface area contributed by atoms with Gasteiger partial charge in [0, 0.05) is 5.41 Å². The van der Waals surface area contributed by atoms with Gasteiger partial charge in [-0.25, -0.2) is 19.6 Å². The molecule has 0 aliphatic carbocycles. The van der Waals surface area contributed by atoms with Gasteiger partial charge < -0.3 is 10.2 Å². The van der Waals surface area contributed by atoms with Crippen LogP contribution in [0.5, 0.6) is 5.88 Å². The second-order valence-electron chi connectivity index (χ2n) is 5.57. The Morgan fingerprint density at radius 3 is 2.24 bits per heavy atom. The summed E-state index contributed by atoms with van der Waals surface area (Å²) in [4.78, 5) is 8.15. The lowest BCUT2D eigenvalue weighted by Gasteiger charge is -2.21. The van der Waals surface area contributed by atoms with Crippen molar-refractivity contribution in [2.24, 2.45) is 5.84 Å². The van der Waals surface area contributed by atoms with Crippen LogP contribution in [-0.2, 0) is 5.41 Å². The first-order valence-electron chi connectivity index (χ1n) is 6.13. The predicted molar refractivity (Wildman–Crippen MR) is 69.7 cm³/mol. The summed E-state index contributed by atoms with van der Waals surface area (Å²) in [5.74, 6) is 1.31. The quantitative estimate of drug-likeness (QED) is 0.497. The number of ether oxygens (including phenoxy) is 1. The molecule has 9 heteroatoms. The van der Waals surface area contributed by atoms with Crippen molar-refractivity contribution in [3.05, 3.63) is 11.4 Å². The van der Waals surface area contributed by atoms with Crippen molar-refractivity contribution in [1.82, 2.24) is 9.97 Å². The SMILES string of the molecule is Cc1c(NN)nc(C(C)(C)C)nc1OCC(F)(F)C(F)F. The van der Waals surface area contributed by atoms with Gasteiger partial charge in [0.25, 0.3) is 0 Å². The fraction of sp³-hybridized carbons (Fsp3) is 0.667. The topological polar surface area (TPSA) is 73.1 Å². The maximum Gasteiger partial charge on any atom is 0.340 e. The van der Waals surface area contributed by atoms with Gasteiger partial charge >= 0.3 is 12.3 Å². The highest BCUT2D eigenvalue weighted by Gasteiger charge is 2.42. The number of aromatic nitrogens is 2. The zero-order valence-corrected chi connectivity index (χ0v) is 12.2. The molecule has 3 N–H and O–H groups in total. The number of hydrogen-bond donors (Lipinski definition) is 2. The minimum absolute atomic E-state index is 0.185. The number of nitrogens with one attached hydrogen (secondary N) is 1. The molecule has 0 aliphatic rings. The van der Waals surface area contributed by atoms with E-state index in [-0.39, 0.29) is 23.1 Å². The van der Waals surface area contributed by atoms with E-state index in [1.165, 1.54) is 6.92 Å². The van der Waals surface area contributed by atoms with E-state index in [0.717, 1.165) is 0 Å². The van der Waals surface area contributed by atoms with E-state index < -0.39 is 24.4 Å². The lowest BCUT2D eigenvalue weighted by atomic mass is 9.95. The highest BCUT2D eigenvalue weighted by Crippen LogP contribution is 2.29. The number of alkyl halides is 4. The Morgan fingerprint density at radius 1 is 1.24 bits per heavy atom. The minimum Gasteiger partial charge on any atom is -0.471 e. The van der Waals surface area contributed by atoms with Gasteiger partial charge in [-0.15, -0.1) is 0 Å². The van der Waals surface area contributed by atoms with Crippen LogP contribution in [-0.4, -0.2) is 28.9 Å². The van der Waals surface area contributed by atoms with Crippen molar-refractivity contribution >= 4 is 5.82 Å². The fourth-order valence-electron chi connectivity index (χ4n) is 1.34. The van der Waals surface area contributed by atoms with Crippen LogP contribution >= 0.6 is 0 Å². The number of hydrogen-bond acceptors (Lipinski definition) is 5. The minimum atomic E-state index is -4.25.